The van der Waals surface area contributed by atoms with E-state index in [1.54, 1.807) is 31.2 Å². The molecule has 0 saturated heterocycles. The molecule has 0 saturated carbocycles. The standard InChI is InChI=1S/C26H28ClFN2O5/c1-4-19-13-23(35-30-19)24(31)29-20(14-26(2,15-34-3)25(32)33)11-16-5-7-17(8-6-16)21-12-18(27)9-10-22(21)28/h5-10,12-13,20H,4,11,14-15H2,1-3H3,(H,29,31)(H,32,33)/t20-,26?/m1/s1. The highest BCUT2D eigenvalue weighted by Gasteiger charge is 2.37. The van der Waals surface area contributed by atoms with Crippen LogP contribution in [0, 0.1) is 11.2 Å². The summed E-state index contributed by atoms with van der Waals surface area (Å²) in [5, 5.41) is 17.0. The number of amides is 1. The van der Waals surface area contributed by atoms with Crippen molar-refractivity contribution in [1.82, 2.24) is 10.5 Å². The van der Waals surface area contributed by atoms with Gasteiger partial charge in [-0.1, -0.05) is 47.9 Å². The van der Waals surface area contributed by atoms with Crippen molar-refractivity contribution < 1.29 is 28.3 Å². The monoisotopic (exact) mass is 502 g/mol. The minimum atomic E-state index is -1.23. The molecule has 0 bridgehead atoms. The molecule has 0 spiro atoms. The molecule has 35 heavy (non-hydrogen) atoms. The molecule has 9 heteroatoms. The van der Waals surface area contributed by atoms with Crippen LogP contribution in [0.1, 0.15) is 42.1 Å². The first-order chi connectivity index (χ1) is 16.6. The van der Waals surface area contributed by atoms with Crippen LogP contribution in [0.25, 0.3) is 11.1 Å². The molecule has 186 valence electrons. The van der Waals surface area contributed by atoms with Crippen LogP contribution in [-0.4, -0.2) is 41.9 Å². The summed E-state index contributed by atoms with van der Waals surface area (Å²) in [5.74, 6) is -1.84. The lowest BCUT2D eigenvalue weighted by Crippen LogP contribution is -2.44. The molecule has 1 heterocycles. The van der Waals surface area contributed by atoms with Gasteiger partial charge in [-0.3, -0.25) is 9.59 Å². The lowest BCUT2D eigenvalue weighted by Gasteiger charge is -2.29. The van der Waals surface area contributed by atoms with E-state index in [9.17, 15) is 19.1 Å². The first-order valence-corrected chi connectivity index (χ1v) is 11.6. The van der Waals surface area contributed by atoms with Gasteiger partial charge in [0.25, 0.3) is 5.91 Å². The summed E-state index contributed by atoms with van der Waals surface area (Å²) in [4.78, 5) is 24.8. The Bertz CT molecular complexity index is 1180. The predicted molar refractivity (Wildman–Crippen MR) is 130 cm³/mol. The number of aryl methyl sites for hydroxylation is 1. The maximum absolute atomic E-state index is 14.2. The van der Waals surface area contributed by atoms with Crippen molar-refractivity contribution in [2.45, 2.75) is 39.2 Å². The summed E-state index contributed by atoms with van der Waals surface area (Å²) in [6.45, 7) is 3.45. The van der Waals surface area contributed by atoms with Crippen molar-refractivity contribution in [3.63, 3.8) is 0 Å². The molecule has 0 radical (unpaired) electrons. The van der Waals surface area contributed by atoms with Crippen molar-refractivity contribution in [1.29, 1.82) is 0 Å². The van der Waals surface area contributed by atoms with Gasteiger partial charge < -0.3 is 19.7 Å². The molecule has 0 aliphatic carbocycles. The quantitative estimate of drug-likeness (QED) is 0.375. The van der Waals surface area contributed by atoms with Gasteiger partial charge in [0.1, 0.15) is 5.82 Å². The first kappa shape index (κ1) is 26.4. The van der Waals surface area contributed by atoms with E-state index in [-0.39, 0.29) is 24.6 Å². The van der Waals surface area contributed by atoms with E-state index >= 15 is 0 Å². The predicted octanol–water partition coefficient (Wildman–Crippen LogP) is 5.17. The number of hydrogen-bond acceptors (Lipinski definition) is 5. The first-order valence-electron chi connectivity index (χ1n) is 11.2. The number of nitrogens with one attached hydrogen (secondary N) is 1. The maximum atomic E-state index is 14.2. The van der Waals surface area contributed by atoms with E-state index < -0.39 is 23.3 Å². The van der Waals surface area contributed by atoms with Gasteiger partial charge in [0.15, 0.2) is 0 Å². The molecular weight excluding hydrogens is 475 g/mol. The summed E-state index contributed by atoms with van der Waals surface area (Å²) in [6.07, 6.45) is 1.07. The number of ether oxygens (including phenoxy) is 1. The van der Waals surface area contributed by atoms with Crippen molar-refractivity contribution in [2.75, 3.05) is 13.7 Å². The number of carboxylic acids is 1. The van der Waals surface area contributed by atoms with E-state index in [0.29, 0.717) is 34.7 Å². The van der Waals surface area contributed by atoms with Gasteiger partial charge in [-0.05, 0) is 55.5 Å². The van der Waals surface area contributed by atoms with Crippen LogP contribution < -0.4 is 5.32 Å². The SMILES string of the molecule is CCc1cc(C(=O)N[C@H](Cc2ccc(-c3cc(Cl)ccc3F)cc2)CC(C)(COC)C(=O)O)on1. The van der Waals surface area contributed by atoms with Crippen LogP contribution >= 0.6 is 11.6 Å². The van der Waals surface area contributed by atoms with Gasteiger partial charge >= 0.3 is 5.97 Å². The molecule has 2 N–H and O–H groups in total. The van der Waals surface area contributed by atoms with E-state index in [0.717, 1.165) is 5.56 Å². The van der Waals surface area contributed by atoms with Crippen LogP contribution in [0.15, 0.2) is 53.1 Å². The Morgan fingerprint density at radius 1 is 1.23 bits per heavy atom. The third kappa shape index (κ3) is 6.68. The zero-order valence-electron chi connectivity index (χ0n) is 19.8. The second-order valence-electron chi connectivity index (χ2n) is 8.73. The summed E-state index contributed by atoms with van der Waals surface area (Å²) in [6, 6.07) is 12.5. The van der Waals surface area contributed by atoms with Gasteiger partial charge in [-0.25, -0.2) is 4.39 Å². The Balaban J connectivity index is 1.84. The van der Waals surface area contributed by atoms with Gasteiger partial charge in [-0.15, -0.1) is 0 Å². The van der Waals surface area contributed by atoms with Gasteiger partial charge in [0.05, 0.1) is 17.7 Å². The third-order valence-corrected chi connectivity index (χ3v) is 6.07. The molecule has 1 unspecified atom stereocenters. The van der Waals surface area contributed by atoms with Crippen molar-refractivity contribution in [2.24, 2.45) is 5.41 Å². The number of rotatable bonds is 11. The molecule has 0 aliphatic heterocycles. The summed E-state index contributed by atoms with van der Waals surface area (Å²) < 4.78 is 24.5. The van der Waals surface area contributed by atoms with Crippen molar-refractivity contribution in [3.05, 3.63) is 76.4 Å². The molecule has 1 amide bonds. The highest BCUT2D eigenvalue weighted by molar-refractivity contribution is 6.30. The smallest absolute Gasteiger partial charge is 0.311 e. The Morgan fingerprint density at radius 2 is 1.94 bits per heavy atom. The zero-order chi connectivity index (χ0) is 25.6. The van der Waals surface area contributed by atoms with E-state index in [2.05, 4.69) is 10.5 Å². The molecule has 3 rings (SSSR count). The fourth-order valence-corrected chi connectivity index (χ4v) is 4.08. The number of carbonyl (C=O) groups is 2. The van der Waals surface area contributed by atoms with E-state index in [1.165, 1.54) is 19.2 Å². The number of methoxy groups -OCH3 is 1. The fraction of sp³-hybridized carbons (Fsp3) is 0.346. The number of aromatic nitrogens is 1. The Hall–Kier alpha value is -3.23. The molecular formula is C26H28ClFN2O5. The highest BCUT2D eigenvalue weighted by Crippen LogP contribution is 2.28. The zero-order valence-corrected chi connectivity index (χ0v) is 20.6. The third-order valence-electron chi connectivity index (χ3n) is 5.83. The second-order valence-corrected chi connectivity index (χ2v) is 9.17. The van der Waals surface area contributed by atoms with Gasteiger partial charge in [-0.2, -0.15) is 0 Å². The van der Waals surface area contributed by atoms with Crippen LogP contribution in [0.4, 0.5) is 4.39 Å². The number of aliphatic carboxylic acids is 1. The Kier molecular flexibility index (Phi) is 8.64. The van der Waals surface area contributed by atoms with E-state index in [1.807, 2.05) is 19.1 Å². The topological polar surface area (TPSA) is 102 Å². The highest BCUT2D eigenvalue weighted by atomic mass is 35.5. The number of carboxylic acid groups (broad SMARTS) is 1. The second kappa shape index (κ2) is 11.5. The summed E-state index contributed by atoms with van der Waals surface area (Å²) in [7, 11) is 1.43. The maximum Gasteiger partial charge on any atom is 0.311 e. The number of halogens is 2. The number of nitrogens with zero attached hydrogens (tertiary/aromatic N) is 1. The fourth-order valence-electron chi connectivity index (χ4n) is 3.91. The molecule has 2 atom stereocenters. The molecule has 0 aliphatic rings. The summed E-state index contributed by atoms with van der Waals surface area (Å²) in [5.41, 5.74) is 1.28. The van der Waals surface area contributed by atoms with Crippen molar-refractivity contribution >= 4 is 23.5 Å². The molecule has 0 fully saturated rings. The van der Waals surface area contributed by atoms with Gasteiger partial charge in [0.2, 0.25) is 5.76 Å². The molecule has 7 nitrogen and oxygen atoms in total. The van der Waals surface area contributed by atoms with Crippen LogP contribution in [0.5, 0.6) is 0 Å². The molecule has 2 aromatic carbocycles. The van der Waals surface area contributed by atoms with Crippen LogP contribution in [-0.2, 0) is 22.4 Å². The Labute approximate surface area is 208 Å². The Morgan fingerprint density at radius 3 is 2.54 bits per heavy atom. The van der Waals surface area contributed by atoms with E-state index in [4.69, 9.17) is 20.9 Å². The lowest BCUT2D eigenvalue weighted by molar-refractivity contribution is -0.152. The molecule has 3 aromatic rings. The van der Waals surface area contributed by atoms with Crippen LogP contribution in [0.3, 0.4) is 0 Å². The normalized spacial score (nSPS) is 13.7. The van der Waals surface area contributed by atoms with Gasteiger partial charge in [0, 0.05) is 29.8 Å². The minimum Gasteiger partial charge on any atom is -0.481 e. The molecule has 1 aromatic heterocycles. The lowest BCUT2D eigenvalue weighted by atomic mass is 9.82. The number of hydrogen-bond donors (Lipinski definition) is 2. The average Bonchev–Trinajstić information content (AvgIpc) is 3.31. The van der Waals surface area contributed by atoms with Crippen LogP contribution in [0.2, 0.25) is 5.02 Å². The number of carbonyl (C=O) groups excluding carboxylic acids is 1. The number of benzene rings is 2. The summed E-state index contributed by atoms with van der Waals surface area (Å²) >= 11 is 6.01. The largest absolute Gasteiger partial charge is 0.481 e. The average molecular weight is 503 g/mol. The minimum absolute atomic E-state index is 0.0238. The van der Waals surface area contributed by atoms with Crippen molar-refractivity contribution in [3.8, 4) is 11.1 Å².